The Bertz CT molecular complexity index is 1450. The highest BCUT2D eigenvalue weighted by molar-refractivity contribution is 7.89. The number of carbonyl (C=O) groups excluding carboxylic acids is 1. The van der Waals surface area contributed by atoms with E-state index in [1.165, 1.54) is 4.31 Å². The molecule has 0 radical (unpaired) electrons. The fourth-order valence-electron chi connectivity index (χ4n) is 4.20. The molecule has 4 aromatic rings. The van der Waals surface area contributed by atoms with Crippen LogP contribution in [0.1, 0.15) is 11.1 Å². The molecule has 7 heteroatoms. The zero-order chi connectivity index (χ0) is 23.0. The van der Waals surface area contributed by atoms with Crippen LogP contribution in [0.15, 0.2) is 95.9 Å². The number of halogens is 1. The topological polar surface area (TPSA) is 66.5 Å². The Balaban J connectivity index is 1.54. The van der Waals surface area contributed by atoms with Gasteiger partial charge < -0.3 is 5.32 Å². The first-order valence-electron chi connectivity index (χ1n) is 10.6. The van der Waals surface area contributed by atoms with E-state index in [1.807, 2.05) is 48.5 Å². The Morgan fingerprint density at radius 1 is 0.848 bits per heavy atom. The van der Waals surface area contributed by atoms with Gasteiger partial charge in [0, 0.05) is 17.3 Å². The van der Waals surface area contributed by atoms with Crippen LogP contribution in [0.5, 0.6) is 0 Å². The molecule has 0 spiro atoms. The third kappa shape index (κ3) is 4.25. The van der Waals surface area contributed by atoms with Gasteiger partial charge in [-0.3, -0.25) is 4.79 Å². The van der Waals surface area contributed by atoms with Crippen LogP contribution >= 0.6 is 11.6 Å². The molecule has 0 saturated heterocycles. The predicted molar refractivity (Wildman–Crippen MR) is 131 cm³/mol. The maximum Gasteiger partial charge on any atom is 0.244 e. The molecular formula is C26H21ClN2O3S. The number of amides is 1. The molecular weight excluding hydrogens is 456 g/mol. The molecule has 0 aliphatic carbocycles. The van der Waals surface area contributed by atoms with Gasteiger partial charge in [0.15, 0.2) is 0 Å². The maximum atomic E-state index is 13.8. The summed E-state index contributed by atoms with van der Waals surface area (Å²) in [6, 6.07) is 26.2. The number of rotatable bonds is 4. The first kappa shape index (κ1) is 21.6. The van der Waals surface area contributed by atoms with Crippen molar-refractivity contribution in [2.75, 3.05) is 5.32 Å². The lowest BCUT2D eigenvalue weighted by Crippen LogP contribution is -2.50. The van der Waals surface area contributed by atoms with E-state index >= 15 is 0 Å². The van der Waals surface area contributed by atoms with Crippen molar-refractivity contribution in [2.24, 2.45) is 0 Å². The lowest BCUT2D eigenvalue weighted by molar-refractivity contribution is -0.120. The average Bonchev–Trinajstić information content (AvgIpc) is 2.84. The highest BCUT2D eigenvalue weighted by Crippen LogP contribution is 2.31. The van der Waals surface area contributed by atoms with E-state index in [-0.39, 0.29) is 17.3 Å². The Labute approximate surface area is 197 Å². The number of nitrogens with zero attached hydrogens (tertiary/aromatic N) is 1. The normalized spacial score (nSPS) is 16.3. The Morgan fingerprint density at radius 3 is 2.27 bits per heavy atom. The summed E-state index contributed by atoms with van der Waals surface area (Å²) in [5.41, 5.74) is 2.43. The van der Waals surface area contributed by atoms with Gasteiger partial charge in [-0.1, -0.05) is 66.2 Å². The van der Waals surface area contributed by atoms with Gasteiger partial charge in [0.25, 0.3) is 0 Å². The van der Waals surface area contributed by atoms with E-state index in [9.17, 15) is 13.2 Å². The standard InChI is InChI=1S/C26H21ClN2O3S/c27-22-10-12-23(13-11-22)28-26(30)25-16-20-7-3-4-8-21(20)17-29(25)33(31,32)24-14-9-18-5-1-2-6-19(18)15-24/h1-15,25H,16-17H2,(H,28,30)/t25-/m1/s1. The minimum atomic E-state index is -3.94. The number of nitrogens with one attached hydrogen (secondary N) is 1. The van der Waals surface area contributed by atoms with Gasteiger partial charge in [-0.05, 0) is 64.7 Å². The summed E-state index contributed by atoms with van der Waals surface area (Å²) in [6.07, 6.45) is 0.294. The van der Waals surface area contributed by atoms with Crippen molar-refractivity contribution in [1.82, 2.24) is 4.31 Å². The molecule has 5 rings (SSSR count). The summed E-state index contributed by atoms with van der Waals surface area (Å²) in [6.45, 7) is 0.129. The molecule has 1 atom stereocenters. The number of anilines is 1. The van der Waals surface area contributed by atoms with Crippen LogP contribution in [-0.2, 0) is 27.8 Å². The first-order valence-corrected chi connectivity index (χ1v) is 12.4. The van der Waals surface area contributed by atoms with Gasteiger partial charge >= 0.3 is 0 Å². The van der Waals surface area contributed by atoms with Gasteiger partial charge in [0.2, 0.25) is 15.9 Å². The zero-order valence-electron chi connectivity index (χ0n) is 17.6. The second-order valence-electron chi connectivity index (χ2n) is 8.04. The van der Waals surface area contributed by atoms with Crippen LogP contribution < -0.4 is 5.32 Å². The first-order chi connectivity index (χ1) is 15.9. The predicted octanol–water partition coefficient (Wildman–Crippen LogP) is 5.25. The molecule has 1 heterocycles. The average molecular weight is 477 g/mol. The Hall–Kier alpha value is -3.19. The molecule has 1 N–H and O–H groups in total. The van der Waals surface area contributed by atoms with Crippen LogP contribution in [0.3, 0.4) is 0 Å². The van der Waals surface area contributed by atoms with Crippen molar-refractivity contribution in [1.29, 1.82) is 0 Å². The summed E-state index contributed by atoms with van der Waals surface area (Å²) in [4.78, 5) is 13.5. The van der Waals surface area contributed by atoms with Crippen LogP contribution in [-0.4, -0.2) is 24.7 Å². The van der Waals surface area contributed by atoms with E-state index in [4.69, 9.17) is 11.6 Å². The molecule has 1 amide bonds. The zero-order valence-corrected chi connectivity index (χ0v) is 19.2. The molecule has 1 aliphatic rings. The number of hydrogen-bond donors (Lipinski definition) is 1. The van der Waals surface area contributed by atoms with E-state index in [2.05, 4.69) is 5.32 Å². The number of carbonyl (C=O) groups is 1. The maximum absolute atomic E-state index is 13.8. The molecule has 166 valence electrons. The second kappa shape index (κ2) is 8.63. The van der Waals surface area contributed by atoms with Crippen molar-refractivity contribution >= 4 is 44.0 Å². The van der Waals surface area contributed by atoms with Gasteiger partial charge in [-0.15, -0.1) is 0 Å². The van der Waals surface area contributed by atoms with E-state index in [0.29, 0.717) is 17.1 Å². The molecule has 1 aliphatic heterocycles. The molecule has 0 aromatic heterocycles. The Morgan fingerprint density at radius 2 is 1.52 bits per heavy atom. The van der Waals surface area contributed by atoms with Crippen molar-refractivity contribution in [3.63, 3.8) is 0 Å². The molecule has 0 unspecified atom stereocenters. The van der Waals surface area contributed by atoms with Crippen molar-refractivity contribution in [2.45, 2.75) is 23.9 Å². The SMILES string of the molecule is O=C(Nc1ccc(Cl)cc1)[C@H]1Cc2ccccc2CN1S(=O)(=O)c1ccc2ccccc2c1. The van der Waals surface area contributed by atoms with Crippen LogP contribution in [0.2, 0.25) is 5.02 Å². The fourth-order valence-corrected chi connectivity index (χ4v) is 5.92. The summed E-state index contributed by atoms with van der Waals surface area (Å²) in [7, 11) is -3.94. The number of sulfonamides is 1. The minimum Gasteiger partial charge on any atom is -0.325 e. The van der Waals surface area contributed by atoms with E-state index in [1.54, 1.807) is 42.5 Å². The van der Waals surface area contributed by atoms with Gasteiger partial charge in [0.05, 0.1) is 4.90 Å². The molecule has 0 saturated carbocycles. The molecule has 5 nitrogen and oxygen atoms in total. The third-order valence-electron chi connectivity index (χ3n) is 5.95. The quantitative estimate of drug-likeness (QED) is 0.437. The van der Waals surface area contributed by atoms with Gasteiger partial charge in [-0.2, -0.15) is 4.31 Å². The van der Waals surface area contributed by atoms with Crippen molar-refractivity contribution < 1.29 is 13.2 Å². The molecule has 4 aromatic carbocycles. The summed E-state index contributed by atoms with van der Waals surface area (Å²) in [5, 5.41) is 5.19. The van der Waals surface area contributed by atoms with Gasteiger partial charge in [-0.25, -0.2) is 8.42 Å². The fraction of sp³-hybridized carbons (Fsp3) is 0.115. The second-order valence-corrected chi connectivity index (χ2v) is 10.4. The smallest absolute Gasteiger partial charge is 0.244 e. The highest BCUT2D eigenvalue weighted by atomic mass is 35.5. The van der Waals surface area contributed by atoms with Crippen molar-refractivity contribution in [3.05, 3.63) is 107 Å². The van der Waals surface area contributed by atoms with E-state index < -0.39 is 16.1 Å². The number of benzene rings is 4. The van der Waals surface area contributed by atoms with Gasteiger partial charge in [0.1, 0.15) is 6.04 Å². The minimum absolute atomic E-state index is 0.129. The monoisotopic (exact) mass is 476 g/mol. The third-order valence-corrected chi connectivity index (χ3v) is 8.05. The Kier molecular flexibility index (Phi) is 5.66. The highest BCUT2D eigenvalue weighted by Gasteiger charge is 2.39. The number of hydrogen-bond acceptors (Lipinski definition) is 3. The molecule has 0 fully saturated rings. The van der Waals surface area contributed by atoms with Crippen LogP contribution in [0, 0.1) is 0 Å². The summed E-state index contributed by atoms with van der Waals surface area (Å²) >= 11 is 5.95. The van der Waals surface area contributed by atoms with Crippen LogP contribution in [0.25, 0.3) is 10.8 Å². The summed E-state index contributed by atoms with van der Waals surface area (Å²) in [5.74, 6) is -0.379. The largest absolute Gasteiger partial charge is 0.325 e. The van der Waals surface area contributed by atoms with Crippen LogP contribution in [0.4, 0.5) is 5.69 Å². The van der Waals surface area contributed by atoms with Crippen molar-refractivity contribution in [3.8, 4) is 0 Å². The lowest BCUT2D eigenvalue weighted by atomic mass is 9.95. The molecule has 33 heavy (non-hydrogen) atoms. The summed E-state index contributed by atoms with van der Waals surface area (Å²) < 4.78 is 28.9. The number of fused-ring (bicyclic) bond motifs is 2. The van der Waals surface area contributed by atoms with E-state index in [0.717, 1.165) is 21.9 Å². The molecule has 0 bridgehead atoms. The lowest BCUT2D eigenvalue weighted by Gasteiger charge is -2.35.